The first-order chi connectivity index (χ1) is 17.3. The van der Waals surface area contributed by atoms with Gasteiger partial charge in [-0.25, -0.2) is 0 Å². The van der Waals surface area contributed by atoms with Crippen molar-refractivity contribution in [3.63, 3.8) is 0 Å². The van der Waals surface area contributed by atoms with Gasteiger partial charge in [-0.2, -0.15) is 0 Å². The minimum Gasteiger partial charge on any atom is -0.491 e. The zero-order chi connectivity index (χ0) is 25.3. The van der Waals surface area contributed by atoms with Gasteiger partial charge in [0, 0.05) is 23.5 Å². The molecule has 2 heterocycles. The van der Waals surface area contributed by atoms with E-state index in [0.717, 1.165) is 47.9 Å². The first-order valence-corrected chi connectivity index (χ1v) is 13.3. The van der Waals surface area contributed by atoms with E-state index in [2.05, 4.69) is 5.32 Å². The molecule has 0 spiro atoms. The van der Waals surface area contributed by atoms with Crippen molar-refractivity contribution in [2.24, 2.45) is 0 Å². The van der Waals surface area contributed by atoms with E-state index in [1.807, 2.05) is 79.9 Å². The third-order valence-corrected chi connectivity index (χ3v) is 7.65. The molecular formula is C30H37N3O3. The van der Waals surface area contributed by atoms with Crippen LogP contribution in [0.1, 0.15) is 75.3 Å². The van der Waals surface area contributed by atoms with Gasteiger partial charge in [0.1, 0.15) is 17.0 Å². The van der Waals surface area contributed by atoms with Crippen LogP contribution in [0.2, 0.25) is 0 Å². The average Bonchev–Trinajstić information content (AvgIpc) is 3.02. The van der Waals surface area contributed by atoms with Gasteiger partial charge in [0.15, 0.2) is 0 Å². The van der Waals surface area contributed by atoms with Crippen molar-refractivity contribution in [2.45, 2.75) is 90.1 Å². The molecule has 2 amide bonds. The van der Waals surface area contributed by atoms with Crippen LogP contribution in [0.5, 0.6) is 5.75 Å². The van der Waals surface area contributed by atoms with E-state index in [1.165, 1.54) is 12.8 Å². The van der Waals surface area contributed by atoms with Gasteiger partial charge in [0.25, 0.3) is 5.91 Å². The van der Waals surface area contributed by atoms with E-state index in [0.29, 0.717) is 18.8 Å². The monoisotopic (exact) mass is 487 g/mol. The predicted octanol–water partition coefficient (Wildman–Crippen LogP) is 5.68. The predicted molar refractivity (Wildman–Crippen MR) is 142 cm³/mol. The molecule has 1 fully saturated rings. The lowest BCUT2D eigenvalue weighted by atomic mass is 9.93. The number of carbonyl (C=O) groups excluding carboxylic acids is 2. The third kappa shape index (κ3) is 4.73. The summed E-state index contributed by atoms with van der Waals surface area (Å²) >= 11 is 0. The van der Waals surface area contributed by atoms with Crippen LogP contribution < -0.4 is 10.1 Å². The van der Waals surface area contributed by atoms with Crippen molar-refractivity contribution in [1.29, 1.82) is 0 Å². The standard InChI is InChI=1S/C30H37N3O3/c1-21(2)36-25-16-14-22(15-17-25)19-33-28(34)27-18-23-10-8-9-13-26(23)32(27)20-30(33,3)29(35)31-24-11-6-4-5-7-12-24/h8-10,13-18,21,24H,4-7,11-12,19-20H2,1-3H3,(H,31,35)/t30-/m1/s1. The van der Waals surface area contributed by atoms with E-state index in [-0.39, 0.29) is 24.0 Å². The number of aromatic nitrogens is 1. The number of carbonyl (C=O) groups is 2. The highest BCUT2D eigenvalue weighted by molar-refractivity contribution is 6.03. The molecule has 0 radical (unpaired) electrons. The number of fused-ring (bicyclic) bond motifs is 3. The fourth-order valence-electron chi connectivity index (χ4n) is 5.65. The van der Waals surface area contributed by atoms with Crippen molar-refractivity contribution < 1.29 is 14.3 Å². The molecule has 2 aliphatic rings. The summed E-state index contributed by atoms with van der Waals surface area (Å²) in [4.78, 5) is 29.7. The number of para-hydroxylation sites is 1. The van der Waals surface area contributed by atoms with Gasteiger partial charge in [-0.05, 0) is 63.4 Å². The van der Waals surface area contributed by atoms with Gasteiger partial charge in [-0.3, -0.25) is 9.59 Å². The topological polar surface area (TPSA) is 63.6 Å². The molecule has 0 unspecified atom stereocenters. The Morgan fingerprint density at radius 3 is 2.44 bits per heavy atom. The number of hydrogen-bond donors (Lipinski definition) is 1. The molecule has 3 aromatic rings. The Kier molecular flexibility index (Phi) is 6.78. The van der Waals surface area contributed by atoms with Gasteiger partial charge in [0.2, 0.25) is 5.91 Å². The van der Waals surface area contributed by atoms with Crippen LogP contribution in [0.4, 0.5) is 0 Å². The lowest BCUT2D eigenvalue weighted by molar-refractivity contribution is -0.134. The van der Waals surface area contributed by atoms with Crippen LogP contribution in [0.15, 0.2) is 54.6 Å². The Bertz CT molecular complexity index is 1240. The molecule has 0 bridgehead atoms. The van der Waals surface area contributed by atoms with E-state index < -0.39 is 5.54 Å². The molecule has 1 saturated carbocycles. The minimum atomic E-state index is -1.01. The lowest BCUT2D eigenvalue weighted by Gasteiger charge is -2.44. The Labute approximate surface area is 213 Å². The van der Waals surface area contributed by atoms with E-state index >= 15 is 0 Å². The zero-order valence-electron chi connectivity index (χ0n) is 21.6. The highest BCUT2D eigenvalue weighted by atomic mass is 16.5. The molecule has 5 rings (SSSR count). The summed E-state index contributed by atoms with van der Waals surface area (Å²) in [5.74, 6) is 0.622. The molecule has 6 heteroatoms. The van der Waals surface area contributed by atoms with Crippen LogP contribution in [-0.2, 0) is 17.9 Å². The maximum absolute atomic E-state index is 14.0. The highest BCUT2D eigenvalue weighted by Crippen LogP contribution is 2.34. The van der Waals surface area contributed by atoms with Gasteiger partial charge in [-0.1, -0.05) is 56.0 Å². The van der Waals surface area contributed by atoms with Crippen molar-refractivity contribution in [1.82, 2.24) is 14.8 Å². The Morgan fingerprint density at radius 1 is 1.06 bits per heavy atom. The van der Waals surface area contributed by atoms with Crippen LogP contribution in [0.25, 0.3) is 10.9 Å². The molecule has 6 nitrogen and oxygen atoms in total. The van der Waals surface area contributed by atoms with E-state index in [4.69, 9.17) is 4.74 Å². The van der Waals surface area contributed by atoms with E-state index in [1.54, 1.807) is 4.90 Å². The van der Waals surface area contributed by atoms with Crippen molar-refractivity contribution >= 4 is 22.7 Å². The maximum atomic E-state index is 14.0. The van der Waals surface area contributed by atoms with Crippen molar-refractivity contribution in [2.75, 3.05) is 0 Å². The van der Waals surface area contributed by atoms with Crippen LogP contribution in [0.3, 0.4) is 0 Å². The first-order valence-electron chi connectivity index (χ1n) is 13.3. The quantitative estimate of drug-likeness (QED) is 0.455. The Morgan fingerprint density at radius 2 is 1.75 bits per heavy atom. The van der Waals surface area contributed by atoms with Crippen LogP contribution >= 0.6 is 0 Å². The summed E-state index contributed by atoms with van der Waals surface area (Å²) in [6.07, 6.45) is 6.84. The summed E-state index contributed by atoms with van der Waals surface area (Å²) in [5, 5.41) is 4.36. The minimum absolute atomic E-state index is 0.0639. The fourth-order valence-corrected chi connectivity index (χ4v) is 5.65. The van der Waals surface area contributed by atoms with Crippen LogP contribution in [-0.4, -0.2) is 39.0 Å². The third-order valence-electron chi connectivity index (χ3n) is 7.65. The molecule has 36 heavy (non-hydrogen) atoms. The van der Waals surface area contributed by atoms with Crippen molar-refractivity contribution in [3.8, 4) is 5.75 Å². The number of benzene rings is 2. The second kappa shape index (κ2) is 10.00. The van der Waals surface area contributed by atoms with Crippen LogP contribution in [0, 0.1) is 0 Å². The maximum Gasteiger partial charge on any atom is 0.271 e. The second-order valence-electron chi connectivity index (χ2n) is 10.8. The fraction of sp³-hybridized carbons (Fsp3) is 0.467. The summed E-state index contributed by atoms with van der Waals surface area (Å²) in [6, 6.07) is 18.0. The first kappa shape index (κ1) is 24.4. The number of amides is 2. The van der Waals surface area contributed by atoms with Gasteiger partial charge in [-0.15, -0.1) is 0 Å². The SMILES string of the molecule is CC(C)Oc1ccc(CN2C(=O)c3cc4ccccc4n3C[C@]2(C)C(=O)NC2CCCCCC2)cc1. The van der Waals surface area contributed by atoms with E-state index in [9.17, 15) is 9.59 Å². The molecule has 190 valence electrons. The normalized spacial score (nSPS) is 20.9. The Hall–Kier alpha value is -3.28. The van der Waals surface area contributed by atoms with Gasteiger partial charge < -0.3 is 19.5 Å². The van der Waals surface area contributed by atoms with Gasteiger partial charge >= 0.3 is 0 Å². The number of nitrogens with one attached hydrogen (secondary N) is 1. The van der Waals surface area contributed by atoms with Gasteiger partial charge in [0.05, 0.1) is 12.6 Å². The molecule has 1 atom stereocenters. The number of rotatable bonds is 6. The number of nitrogens with zero attached hydrogens (tertiary/aromatic N) is 2. The number of hydrogen-bond acceptors (Lipinski definition) is 3. The highest BCUT2D eigenvalue weighted by Gasteiger charge is 2.48. The summed E-state index contributed by atoms with van der Waals surface area (Å²) in [5.41, 5.74) is 1.59. The second-order valence-corrected chi connectivity index (χ2v) is 10.8. The molecule has 2 aromatic carbocycles. The molecule has 1 aliphatic heterocycles. The smallest absolute Gasteiger partial charge is 0.271 e. The largest absolute Gasteiger partial charge is 0.491 e. The Balaban J connectivity index is 1.49. The molecule has 1 aliphatic carbocycles. The summed E-state index contributed by atoms with van der Waals surface area (Å²) in [7, 11) is 0. The molecule has 1 N–H and O–H groups in total. The lowest BCUT2D eigenvalue weighted by Crippen LogP contribution is -2.64. The van der Waals surface area contributed by atoms with Crippen molar-refractivity contribution in [3.05, 3.63) is 65.9 Å². The summed E-state index contributed by atoms with van der Waals surface area (Å²) in [6.45, 7) is 6.70. The zero-order valence-corrected chi connectivity index (χ0v) is 21.6. The summed E-state index contributed by atoms with van der Waals surface area (Å²) < 4.78 is 7.81. The number of ether oxygens (including phenoxy) is 1. The average molecular weight is 488 g/mol. The molecule has 1 aromatic heterocycles. The molecule has 0 saturated heterocycles. The molecular weight excluding hydrogens is 450 g/mol.